The highest BCUT2D eigenvalue weighted by Gasteiger charge is 2.40. The molecule has 0 saturated carbocycles. The molecular formula is C25H21FN2O4. The lowest BCUT2D eigenvalue weighted by molar-refractivity contribution is -0.120. The summed E-state index contributed by atoms with van der Waals surface area (Å²) in [5.74, 6) is -0.474. The third-order valence-corrected chi connectivity index (χ3v) is 5.16. The summed E-state index contributed by atoms with van der Waals surface area (Å²) in [5.41, 5.74) is 2.81. The molecule has 7 heteroatoms. The standard InChI is InChI=1S/C25H21FN2O4/c1-15-4-6-16(7-5-15)22-23(27-18-10-13-20(31-2)21(14-18)32-3)25(30)28(24(22)29)19-11-8-17(26)9-12-19/h4-14,27H,1-3H3. The van der Waals surface area contributed by atoms with Gasteiger partial charge in [0.05, 0.1) is 25.5 Å². The Kier molecular flexibility index (Phi) is 5.64. The van der Waals surface area contributed by atoms with Crippen LogP contribution in [-0.4, -0.2) is 26.0 Å². The Balaban J connectivity index is 1.80. The first-order chi connectivity index (χ1) is 15.4. The van der Waals surface area contributed by atoms with Crippen LogP contribution in [0.3, 0.4) is 0 Å². The Morgan fingerprint density at radius 2 is 1.47 bits per heavy atom. The van der Waals surface area contributed by atoms with Crippen molar-refractivity contribution in [3.05, 3.63) is 89.4 Å². The Morgan fingerprint density at radius 1 is 0.812 bits per heavy atom. The van der Waals surface area contributed by atoms with E-state index in [0.29, 0.717) is 22.7 Å². The Labute approximate surface area is 184 Å². The van der Waals surface area contributed by atoms with Crippen molar-refractivity contribution < 1.29 is 23.5 Å². The van der Waals surface area contributed by atoms with Crippen LogP contribution in [0.15, 0.2) is 72.4 Å². The van der Waals surface area contributed by atoms with Gasteiger partial charge in [-0.3, -0.25) is 9.59 Å². The quantitative estimate of drug-likeness (QED) is 0.579. The topological polar surface area (TPSA) is 67.9 Å². The van der Waals surface area contributed by atoms with E-state index in [0.717, 1.165) is 10.5 Å². The second-order valence-corrected chi connectivity index (χ2v) is 7.23. The molecular weight excluding hydrogens is 411 g/mol. The number of anilines is 2. The van der Waals surface area contributed by atoms with Gasteiger partial charge in [0.15, 0.2) is 11.5 Å². The van der Waals surface area contributed by atoms with Gasteiger partial charge >= 0.3 is 0 Å². The number of rotatable bonds is 6. The van der Waals surface area contributed by atoms with Gasteiger partial charge in [-0.15, -0.1) is 0 Å². The van der Waals surface area contributed by atoms with Gasteiger partial charge in [0.25, 0.3) is 11.8 Å². The number of imide groups is 1. The normalized spacial score (nSPS) is 13.6. The van der Waals surface area contributed by atoms with Gasteiger partial charge in [-0.25, -0.2) is 9.29 Å². The predicted octanol–water partition coefficient (Wildman–Crippen LogP) is 4.55. The smallest absolute Gasteiger partial charge is 0.282 e. The summed E-state index contributed by atoms with van der Waals surface area (Å²) in [7, 11) is 3.04. The van der Waals surface area contributed by atoms with Crippen molar-refractivity contribution in [3.8, 4) is 11.5 Å². The second-order valence-electron chi connectivity index (χ2n) is 7.23. The summed E-state index contributed by atoms with van der Waals surface area (Å²) in [6.45, 7) is 1.94. The molecule has 2 amide bonds. The third-order valence-electron chi connectivity index (χ3n) is 5.16. The summed E-state index contributed by atoms with van der Waals surface area (Å²) >= 11 is 0. The summed E-state index contributed by atoms with van der Waals surface area (Å²) in [5, 5.41) is 3.08. The van der Waals surface area contributed by atoms with Gasteiger partial charge in [-0.1, -0.05) is 29.8 Å². The fraction of sp³-hybridized carbons (Fsp3) is 0.120. The van der Waals surface area contributed by atoms with E-state index in [1.165, 1.54) is 38.5 Å². The van der Waals surface area contributed by atoms with E-state index in [9.17, 15) is 14.0 Å². The maximum Gasteiger partial charge on any atom is 0.282 e. The first-order valence-corrected chi connectivity index (χ1v) is 9.87. The maximum atomic E-state index is 13.4. The molecule has 0 saturated heterocycles. The lowest BCUT2D eigenvalue weighted by Gasteiger charge is -2.15. The molecule has 1 heterocycles. The zero-order valence-electron chi connectivity index (χ0n) is 17.8. The van der Waals surface area contributed by atoms with Crippen LogP contribution in [0.2, 0.25) is 0 Å². The van der Waals surface area contributed by atoms with E-state index in [4.69, 9.17) is 9.47 Å². The molecule has 0 unspecified atom stereocenters. The number of methoxy groups -OCH3 is 2. The Morgan fingerprint density at radius 3 is 2.09 bits per heavy atom. The van der Waals surface area contributed by atoms with Crippen molar-refractivity contribution in [1.82, 2.24) is 0 Å². The van der Waals surface area contributed by atoms with Crippen LogP contribution in [-0.2, 0) is 9.59 Å². The molecule has 4 rings (SSSR count). The van der Waals surface area contributed by atoms with E-state index in [1.54, 1.807) is 30.3 Å². The maximum absolute atomic E-state index is 13.4. The number of carbonyl (C=O) groups is 2. The Hall–Kier alpha value is -4.13. The third kappa shape index (κ3) is 3.80. The lowest BCUT2D eigenvalue weighted by Crippen LogP contribution is -2.32. The van der Waals surface area contributed by atoms with Crippen molar-refractivity contribution in [2.75, 3.05) is 24.4 Å². The summed E-state index contributed by atoms with van der Waals surface area (Å²) in [6.07, 6.45) is 0. The monoisotopic (exact) mass is 432 g/mol. The Bertz CT molecular complexity index is 1220. The van der Waals surface area contributed by atoms with Gasteiger partial charge in [0.1, 0.15) is 11.5 Å². The number of hydrogen-bond donors (Lipinski definition) is 1. The fourth-order valence-corrected chi connectivity index (χ4v) is 3.52. The molecule has 0 radical (unpaired) electrons. The van der Waals surface area contributed by atoms with Gasteiger partial charge in [0.2, 0.25) is 0 Å². The molecule has 1 N–H and O–H groups in total. The minimum atomic E-state index is -0.535. The molecule has 3 aromatic rings. The van der Waals surface area contributed by atoms with E-state index < -0.39 is 17.6 Å². The van der Waals surface area contributed by atoms with Gasteiger partial charge in [0, 0.05) is 11.8 Å². The minimum absolute atomic E-state index is 0.121. The molecule has 0 fully saturated rings. The highest BCUT2D eigenvalue weighted by atomic mass is 19.1. The van der Waals surface area contributed by atoms with E-state index in [1.807, 2.05) is 19.1 Å². The molecule has 0 aromatic heterocycles. The number of benzene rings is 3. The van der Waals surface area contributed by atoms with Gasteiger partial charge in [-0.2, -0.15) is 0 Å². The highest BCUT2D eigenvalue weighted by molar-refractivity contribution is 6.46. The van der Waals surface area contributed by atoms with Crippen LogP contribution >= 0.6 is 0 Å². The number of ether oxygens (including phenoxy) is 2. The van der Waals surface area contributed by atoms with Crippen LogP contribution in [0.4, 0.5) is 15.8 Å². The SMILES string of the molecule is COc1ccc(NC2=C(c3ccc(C)cc3)C(=O)N(c3ccc(F)cc3)C2=O)cc1OC. The molecule has 1 aliphatic rings. The number of carbonyl (C=O) groups excluding carboxylic acids is 2. The first-order valence-electron chi connectivity index (χ1n) is 9.87. The molecule has 162 valence electrons. The van der Waals surface area contributed by atoms with Crippen LogP contribution in [0.1, 0.15) is 11.1 Å². The number of halogens is 1. The molecule has 0 bridgehead atoms. The van der Waals surface area contributed by atoms with Crippen LogP contribution in [0, 0.1) is 12.7 Å². The van der Waals surface area contributed by atoms with Gasteiger partial charge in [-0.05, 0) is 48.9 Å². The number of hydrogen-bond acceptors (Lipinski definition) is 5. The van der Waals surface area contributed by atoms with E-state index in [-0.39, 0.29) is 17.0 Å². The molecule has 0 spiro atoms. The second kappa shape index (κ2) is 8.55. The van der Waals surface area contributed by atoms with Crippen LogP contribution in [0.5, 0.6) is 11.5 Å². The van der Waals surface area contributed by atoms with Crippen molar-refractivity contribution in [2.45, 2.75) is 6.92 Å². The summed E-state index contributed by atoms with van der Waals surface area (Å²) in [4.78, 5) is 27.8. The average Bonchev–Trinajstić information content (AvgIpc) is 3.04. The first kappa shape index (κ1) is 21.1. The number of nitrogens with zero attached hydrogens (tertiary/aromatic N) is 1. The van der Waals surface area contributed by atoms with Crippen LogP contribution in [0.25, 0.3) is 5.57 Å². The van der Waals surface area contributed by atoms with Crippen molar-refractivity contribution in [1.29, 1.82) is 0 Å². The van der Waals surface area contributed by atoms with E-state index in [2.05, 4.69) is 5.32 Å². The minimum Gasteiger partial charge on any atom is -0.493 e. The molecule has 0 aliphatic carbocycles. The van der Waals surface area contributed by atoms with Crippen molar-refractivity contribution >= 4 is 28.8 Å². The zero-order valence-corrected chi connectivity index (χ0v) is 17.8. The fourth-order valence-electron chi connectivity index (χ4n) is 3.52. The highest BCUT2D eigenvalue weighted by Crippen LogP contribution is 2.36. The van der Waals surface area contributed by atoms with Crippen LogP contribution < -0.4 is 19.7 Å². The number of nitrogens with one attached hydrogen (secondary N) is 1. The largest absolute Gasteiger partial charge is 0.493 e. The van der Waals surface area contributed by atoms with Crippen molar-refractivity contribution in [2.24, 2.45) is 0 Å². The van der Waals surface area contributed by atoms with E-state index >= 15 is 0 Å². The number of amides is 2. The molecule has 1 aliphatic heterocycles. The molecule has 32 heavy (non-hydrogen) atoms. The predicted molar refractivity (Wildman–Crippen MR) is 120 cm³/mol. The molecule has 3 aromatic carbocycles. The molecule has 0 atom stereocenters. The number of aryl methyl sites for hydroxylation is 1. The molecule has 6 nitrogen and oxygen atoms in total. The zero-order chi connectivity index (χ0) is 22.8. The van der Waals surface area contributed by atoms with Crippen molar-refractivity contribution in [3.63, 3.8) is 0 Å². The lowest BCUT2D eigenvalue weighted by atomic mass is 10.0. The summed E-state index contributed by atoms with van der Waals surface area (Å²) < 4.78 is 24.0. The summed E-state index contributed by atoms with van der Waals surface area (Å²) in [6, 6.07) is 17.6. The van der Waals surface area contributed by atoms with Gasteiger partial charge < -0.3 is 14.8 Å². The average molecular weight is 432 g/mol.